The van der Waals surface area contributed by atoms with E-state index in [9.17, 15) is 4.79 Å². The highest BCUT2D eigenvalue weighted by Gasteiger charge is 2.07. The van der Waals surface area contributed by atoms with Crippen molar-refractivity contribution in [3.05, 3.63) is 23.8 Å². The molecule has 0 aromatic heterocycles. The number of carboxylic acid groups (broad SMARTS) is 1. The maximum atomic E-state index is 10.8. The summed E-state index contributed by atoms with van der Waals surface area (Å²) in [7, 11) is 2.10. The zero-order chi connectivity index (χ0) is 14.4. The summed E-state index contributed by atoms with van der Waals surface area (Å²) >= 11 is 0. The van der Waals surface area contributed by atoms with Crippen LogP contribution in [0.25, 0.3) is 0 Å². The smallest absolute Gasteiger partial charge is 0.337 e. The van der Waals surface area contributed by atoms with E-state index < -0.39 is 5.97 Å². The van der Waals surface area contributed by atoms with Crippen LogP contribution < -0.4 is 11.1 Å². The van der Waals surface area contributed by atoms with Crippen LogP contribution in [0.2, 0.25) is 0 Å². The number of nitrogens with one attached hydrogen (secondary N) is 1. The molecule has 0 fully saturated rings. The maximum absolute atomic E-state index is 10.8. The lowest BCUT2D eigenvalue weighted by atomic mass is 10.1. The number of nitrogens with zero attached hydrogens (tertiary/aromatic N) is 1. The van der Waals surface area contributed by atoms with Gasteiger partial charge in [-0.15, -0.1) is 0 Å². The highest BCUT2D eigenvalue weighted by molar-refractivity contribution is 5.94. The first kappa shape index (κ1) is 15.3. The van der Waals surface area contributed by atoms with Crippen LogP contribution in [0.5, 0.6) is 0 Å². The van der Waals surface area contributed by atoms with Crippen molar-refractivity contribution < 1.29 is 9.90 Å². The van der Waals surface area contributed by atoms with Crippen LogP contribution in [-0.4, -0.2) is 42.2 Å². The van der Waals surface area contributed by atoms with Crippen molar-refractivity contribution in [1.82, 2.24) is 4.90 Å². The summed E-state index contributed by atoms with van der Waals surface area (Å²) in [5.41, 5.74) is 6.97. The van der Waals surface area contributed by atoms with Crippen molar-refractivity contribution in [2.45, 2.75) is 26.3 Å². The third kappa shape index (κ3) is 4.79. The molecule has 19 heavy (non-hydrogen) atoms. The molecule has 0 heterocycles. The Balaban J connectivity index is 2.42. The van der Waals surface area contributed by atoms with Crippen molar-refractivity contribution in [2.75, 3.05) is 31.2 Å². The summed E-state index contributed by atoms with van der Waals surface area (Å²) in [4.78, 5) is 13.1. The quantitative estimate of drug-likeness (QED) is 0.520. The molecular formula is C14H23N3O2. The number of carboxylic acids is 1. The first-order chi connectivity index (χ1) is 8.91. The zero-order valence-corrected chi connectivity index (χ0v) is 11.8. The molecule has 0 saturated heterocycles. The van der Waals surface area contributed by atoms with Gasteiger partial charge in [0.15, 0.2) is 0 Å². The average molecular weight is 265 g/mol. The minimum Gasteiger partial charge on any atom is -0.478 e. The molecule has 0 unspecified atom stereocenters. The SMILES string of the molecule is CC(C)N(C)CCCNc1ccc(C(=O)O)c(N)c1. The van der Waals surface area contributed by atoms with Crippen LogP contribution in [0.1, 0.15) is 30.6 Å². The van der Waals surface area contributed by atoms with Gasteiger partial charge in [0.05, 0.1) is 5.56 Å². The fourth-order valence-corrected chi connectivity index (χ4v) is 1.69. The molecule has 0 atom stereocenters. The van der Waals surface area contributed by atoms with E-state index in [2.05, 4.69) is 31.1 Å². The molecule has 1 aromatic rings. The molecule has 5 heteroatoms. The van der Waals surface area contributed by atoms with E-state index in [1.54, 1.807) is 12.1 Å². The topological polar surface area (TPSA) is 78.6 Å². The van der Waals surface area contributed by atoms with Crippen molar-refractivity contribution >= 4 is 17.3 Å². The van der Waals surface area contributed by atoms with Gasteiger partial charge in [0.25, 0.3) is 0 Å². The molecule has 0 aliphatic heterocycles. The van der Waals surface area contributed by atoms with Crippen molar-refractivity contribution in [1.29, 1.82) is 0 Å². The average Bonchev–Trinajstić information content (AvgIpc) is 2.33. The first-order valence-corrected chi connectivity index (χ1v) is 6.48. The van der Waals surface area contributed by atoms with Crippen molar-refractivity contribution in [3.63, 3.8) is 0 Å². The van der Waals surface area contributed by atoms with E-state index in [-0.39, 0.29) is 11.3 Å². The predicted octanol–water partition coefficient (Wildman–Crippen LogP) is 2.11. The monoisotopic (exact) mass is 265 g/mol. The molecule has 0 bridgehead atoms. The second-order valence-corrected chi connectivity index (χ2v) is 4.96. The number of hydrogen-bond acceptors (Lipinski definition) is 4. The van der Waals surface area contributed by atoms with Crippen LogP contribution in [-0.2, 0) is 0 Å². The molecule has 4 N–H and O–H groups in total. The fourth-order valence-electron chi connectivity index (χ4n) is 1.69. The normalized spacial score (nSPS) is 11.0. The number of aromatic carboxylic acids is 1. The van der Waals surface area contributed by atoms with Gasteiger partial charge in [-0.05, 0) is 52.1 Å². The second kappa shape index (κ2) is 6.99. The van der Waals surface area contributed by atoms with Gasteiger partial charge in [-0.3, -0.25) is 0 Å². The Bertz CT molecular complexity index is 433. The lowest BCUT2D eigenvalue weighted by Gasteiger charge is -2.20. The first-order valence-electron chi connectivity index (χ1n) is 6.48. The number of carbonyl (C=O) groups is 1. The fraction of sp³-hybridized carbons (Fsp3) is 0.500. The van der Waals surface area contributed by atoms with Gasteiger partial charge in [0, 0.05) is 24.0 Å². The number of rotatable bonds is 7. The number of benzene rings is 1. The van der Waals surface area contributed by atoms with E-state index in [1.807, 2.05) is 0 Å². The molecule has 0 saturated carbocycles. The summed E-state index contributed by atoms with van der Waals surface area (Å²) in [6.45, 7) is 6.19. The summed E-state index contributed by atoms with van der Waals surface area (Å²) < 4.78 is 0. The Morgan fingerprint density at radius 2 is 2.16 bits per heavy atom. The summed E-state index contributed by atoms with van der Waals surface area (Å²) in [6.07, 6.45) is 1.02. The Labute approximate surface area is 114 Å². The summed E-state index contributed by atoms with van der Waals surface area (Å²) in [5, 5.41) is 12.1. The van der Waals surface area contributed by atoms with E-state index >= 15 is 0 Å². The Hall–Kier alpha value is -1.75. The lowest BCUT2D eigenvalue weighted by Crippen LogP contribution is -2.28. The molecule has 106 valence electrons. The van der Waals surface area contributed by atoms with Crippen LogP contribution in [0, 0.1) is 0 Å². The van der Waals surface area contributed by atoms with Gasteiger partial charge in [-0.25, -0.2) is 4.79 Å². The van der Waals surface area contributed by atoms with E-state index in [0.717, 1.165) is 25.2 Å². The molecule has 0 radical (unpaired) electrons. The Morgan fingerprint density at radius 3 is 2.68 bits per heavy atom. The Morgan fingerprint density at radius 1 is 1.47 bits per heavy atom. The van der Waals surface area contributed by atoms with Gasteiger partial charge in [-0.1, -0.05) is 0 Å². The van der Waals surface area contributed by atoms with Gasteiger partial charge in [0.1, 0.15) is 0 Å². The van der Waals surface area contributed by atoms with Gasteiger partial charge in [-0.2, -0.15) is 0 Å². The minimum absolute atomic E-state index is 0.144. The van der Waals surface area contributed by atoms with Crippen molar-refractivity contribution in [3.8, 4) is 0 Å². The minimum atomic E-state index is -0.998. The van der Waals surface area contributed by atoms with Crippen LogP contribution in [0.15, 0.2) is 18.2 Å². The highest BCUT2D eigenvalue weighted by Crippen LogP contribution is 2.17. The van der Waals surface area contributed by atoms with E-state index in [0.29, 0.717) is 6.04 Å². The van der Waals surface area contributed by atoms with Gasteiger partial charge < -0.3 is 21.1 Å². The number of anilines is 2. The zero-order valence-electron chi connectivity index (χ0n) is 11.8. The standard InChI is InChI=1S/C14H23N3O2/c1-10(2)17(3)8-4-7-16-11-5-6-12(14(18)19)13(15)9-11/h5-6,9-10,16H,4,7-8,15H2,1-3H3,(H,18,19). The predicted molar refractivity (Wildman–Crippen MR) is 78.7 cm³/mol. The third-order valence-electron chi connectivity index (χ3n) is 3.18. The van der Waals surface area contributed by atoms with Gasteiger partial charge >= 0.3 is 5.97 Å². The summed E-state index contributed by atoms with van der Waals surface area (Å²) in [6, 6.07) is 5.48. The number of nitrogens with two attached hydrogens (primary N) is 1. The van der Waals surface area contributed by atoms with Gasteiger partial charge in [0.2, 0.25) is 0 Å². The van der Waals surface area contributed by atoms with E-state index in [1.165, 1.54) is 6.07 Å². The highest BCUT2D eigenvalue weighted by atomic mass is 16.4. The third-order valence-corrected chi connectivity index (χ3v) is 3.18. The second-order valence-electron chi connectivity index (χ2n) is 4.96. The molecule has 0 aliphatic carbocycles. The molecular weight excluding hydrogens is 242 g/mol. The van der Waals surface area contributed by atoms with Crippen LogP contribution in [0.4, 0.5) is 11.4 Å². The number of hydrogen-bond donors (Lipinski definition) is 3. The van der Waals surface area contributed by atoms with Crippen LogP contribution >= 0.6 is 0 Å². The molecule has 5 nitrogen and oxygen atoms in total. The summed E-state index contributed by atoms with van der Waals surface area (Å²) in [5.74, 6) is -0.998. The number of nitrogen functional groups attached to an aromatic ring is 1. The lowest BCUT2D eigenvalue weighted by molar-refractivity contribution is 0.0698. The Kier molecular flexibility index (Phi) is 5.63. The molecule has 1 rings (SSSR count). The van der Waals surface area contributed by atoms with Crippen LogP contribution in [0.3, 0.4) is 0 Å². The molecule has 1 aromatic carbocycles. The maximum Gasteiger partial charge on any atom is 0.337 e. The molecule has 0 aliphatic rings. The van der Waals surface area contributed by atoms with Crippen molar-refractivity contribution in [2.24, 2.45) is 0 Å². The molecule has 0 spiro atoms. The largest absolute Gasteiger partial charge is 0.478 e. The molecule has 0 amide bonds. The van der Waals surface area contributed by atoms with E-state index in [4.69, 9.17) is 10.8 Å².